The van der Waals surface area contributed by atoms with E-state index in [1.165, 1.54) is 10.2 Å². The zero-order valence-electron chi connectivity index (χ0n) is 32.4. The molecule has 14 nitrogen and oxygen atoms in total. The molecule has 0 aliphatic carbocycles. The number of imide groups is 2. The molecule has 3 atom stereocenters. The highest BCUT2D eigenvalue weighted by Gasteiger charge is 2.45. The van der Waals surface area contributed by atoms with Crippen LogP contribution in [-0.2, 0) is 16.6 Å². The van der Waals surface area contributed by atoms with Crippen molar-refractivity contribution in [3.63, 3.8) is 0 Å². The Balaban J connectivity index is 0.796. The van der Waals surface area contributed by atoms with Crippen molar-refractivity contribution in [3.05, 3.63) is 91.3 Å². The van der Waals surface area contributed by atoms with Crippen molar-refractivity contribution in [2.75, 3.05) is 58.2 Å². The van der Waals surface area contributed by atoms with Crippen LogP contribution in [0.15, 0.2) is 57.9 Å². The van der Waals surface area contributed by atoms with Crippen molar-refractivity contribution in [2.45, 2.75) is 68.9 Å². The second kappa shape index (κ2) is 16.3. The summed E-state index contributed by atoms with van der Waals surface area (Å²) in [6.07, 6.45) is 6.65. The summed E-state index contributed by atoms with van der Waals surface area (Å²) in [4.78, 5) is 84.3. The number of hydrogen-bond donors (Lipinski definition) is 2. The van der Waals surface area contributed by atoms with Gasteiger partial charge in [-0.25, -0.2) is 4.68 Å². The molecule has 0 saturated carbocycles. The Morgan fingerprint density at radius 1 is 0.842 bits per heavy atom. The van der Waals surface area contributed by atoms with Crippen LogP contribution in [0.5, 0.6) is 0 Å². The second-order valence-corrected chi connectivity index (χ2v) is 17.3. The minimum absolute atomic E-state index is 0.0823. The van der Waals surface area contributed by atoms with Crippen LogP contribution < -0.4 is 16.2 Å². The normalized spacial score (nSPS) is 24.2. The topological polar surface area (TPSA) is 157 Å². The molecule has 5 amide bonds. The number of hydrogen-bond acceptors (Lipinski definition) is 10. The molecule has 57 heavy (non-hydrogen) atoms. The van der Waals surface area contributed by atoms with E-state index in [9.17, 15) is 28.8 Å². The van der Waals surface area contributed by atoms with Crippen LogP contribution in [0.25, 0.3) is 0 Å². The van der Waals surface area contributed by atoms with Crippen LogP contribution in [0, 0.1) is 5.92 Å². The molecule has 4 saturated heterocycles. The Kier molecular flexibility index (Phi) is 11.2. The van der Waals surface area contributed by atoms with Gasteiger partial charge in [0, 0.05) is 57.8 Å². The summed E-state index contributed by atoms with van der Waals surface area (Å²) in [5.74, 6) is -0.772. The molecule has 6 heterocycles. The van der Waals surface area contributed by atoms with Gasteiger partial charge < -0.3 is 20.0 Å². The fourth-order valence-electron chi connectivity index (χ4n) is 9.45. The molecule has 5 aliphatic heterocycles. The standard InChI is InChI=1S/C42H49BrN8O6/c1-47-23-30(19-31(24-47)45-34-21-44-48(2)42(57)37(34)43)26-3-5-28(6-4-26)39(54)50-17-11-25(12-18-50)22-49-15-13-27(14-16-49)29-7-8-32-33(20-29)41(56)51(40(32)55)35-9-10-36(52)46-38(35)53/h3-8,20-21,25,27,30-31,35,45H,9-19,22-24H2,1-2H3,(H,46,52,53). The van der Waals surface area contributed by atoms with Crippen molar-refractivity contribution >= 4 is 51.2 Å². The Morgan fingerprint density at radius 3 is 2.26 bits per heavy atom. The lowest BCUT2D eigenvalue weighted by molar-refractivity contribution is -0.136. The molecule has 0 spiro atoms. The Morgan fingerprint density at radius 2 is 1.54 bits per heavy atom. The van der Waals surface area contributed by atoms with E-state index in [1.807, 2.05) is 29.2 Å². The van der Waals surface area contributed by atoms with Gasteiger partial charge in [0.25, 0.3) is 23.3 Å². The SMILES string of the molecule is CN1CC(Nc2cnn(C)c(=O)c2Br)CC(c2ccc(C(=O)N3CCC(CN4CCC(c5ccc6c(c5)C(=O)N(C5CCC(=O)NC5=O)C6=O)CC4)CC3)cc2)C1. The maximum absolute atomic E-state index is 13.6. The van der Waals surface area contributed by atoms with Gasteiger partial charge in [0.05, 0.1) is 23.0 Å². The lowest BCUT2D eigenvalue weighted by Crippen LogP contribution is -2.54. The smallest absolute Gasteiger partial charge is 0.282 e. The minimum Gasteiger partial charge on any atom is -0.379 e. The largest absolute Gasteiger partial charge is 0.379 e. The van der Waals surface area contributed by atoms with Gasteiger partial charge in [0.1, 0.15) is 10.5 Å². The van der Waals surface area contributed by atoms with Gasteiger partial charge in [-0.05, 0) is 128 Å². The molecule has 2 aromatic carbocycles. The third-order valence-electron chi connectivity index (χ3n) is 12.6. The fraction of sp³-hybridized carbons (Fsp3) is 0.500. The molecular weight excluding hydrogens is 792 g/mol. The highest BCUT2D eigenvalue weighted by molar-refractivity contribution is 9.10. The van der Waals surface area contributed by atoms with Crippen LogP contribution in [0.3, 0.4) is 0 Å². The molecule has 8 rings (SSSR count). The Hall–Kier alpha value is -4.73. The zero-order valence-corrected chi connectivity index (χ0v) is 34.0. The van der Waals surface area contributed by atoms with Gasteiger partial charge in [-0.1, -0.05) is 18.2 Å². The zero-order chi connectivity index (χ0) is 40.0. The summed E-state index contributed by atoms with van der Waals surface area (Å²) < 4.78 is 1.79. The van der Waals surface area contributed by atoms with E-state index in [0.29, 0.717) is 27.2 Å². The number of aromatic nitrogens is 2. The lowest BCUT2D eigenvalue weighted by atomic mass is 9.87. The van der Waals surface area contributed by atoms with Crippen LogP contribution in [-0.4, -0.2) is 124 Å². The van der Waals surface area contributed by atoms with E-state index in [1.54, 1.807) is 19.3 Å². The summed E-state index contributed by atoms with van der Waals surface area (Å²) in [7, 11) is 3.73. The molecule has 300 valence electrons. The third-order valence-corrected chi connectivity index (χ3v) is 13.4. The highest BCUT2D eigenvalue weighted by atomic mass is 79.9. The first-order valence-electron chi connectivity index (χ1n) is 20.1. The van der Waals surface area contributed by atoms with E-state index in [0.717, 1.165) is 93.9 Å². The lowest BCUT2D eigenvalue weighted by Gasteiger charge is -2.38. The van der Waals surface area contributed by atoms with E-state index < -0.39 is 23.8 Å². The summed E-state index contributed by atoms with van der Waals surface area (Å²) in [6.45, 7) is 6.13. The molecule has 15 heteroatoms. The number of benzene rings is 2. The minimum atomic E-state index is -0.964. The first-order chi connectivity index (χ1) is 27.4. The van der Waals surface area contributed by atoms with E-state index in [2.05, 4.69) is 60.6 Å². The van der Waals surface area contributed by atoms with Gasteiger partial charge in [-0.3, -0.25) is 39.0 Å². The number of aryl methyl sites for hydroxylation is 1. The number of carbonyl (C=O) groups excluding carboxylic acids is 5. The summed E-state index contributed by atoms with van der Waals surface area (Å²) >= 11 is 3.43. The predicted molar refractivity (Wildman–Crippen MR) is 216 cm³/mol. The second-order valence-electron chi connectivity index (χ2n) is 16.5. The number of likely N-dealkylation sites (tertiary alicyclic amines) is 3. The van der Waals surface area contributed by atoms with E-state index >= 15 is 0 Å². The summed E-state index contributed by atoms with van der Waals surface area (Å²) in [5.41, 5.74) is 4.12. The Bertz CT molecular complexity index is 2140. The number of halogens is 1. The van der Waals surface area contributed by atoms with Crippen molar-refractivity contribution in [2.24, 2.45) is 13.0 Å². The monoisotopic (exact) mass is 840 g/mol. The van der Waals surface area contributed by atoms with Crippen LogP contribution >= 0.6 is 15.9 Å². The number of fused-ring (bicyclic) bond motifs is 1. The third kappa shape index (κ3) is 8.06. The average Bonchev–Trinajstić information content (AvgIpc) is 3.46. The average molecular weight is 842 g/mol. The number of anilines is 1. The first kappa shape index (κ1) is 39.1. The van der Waals surface area contributed by atoms with Crippen molar-refractivity contribution in [1.82, 2.24) is 34.7 Å². The number of piperidine rings is 4. The van der Waals surface area contributed by atoms with Gasteiger partial charge in [0.15, 0.2) is 0 Å². The van der Waals surface area contributed by atoms with Gasteiger partial charge in [0.2, 0.25) is 11.8 Å². The van der Waals surface area contributed by atoms with E-state index in [-0.39, 0.29) is 48.1 Å². The maximum Gasteiger partial charge on any atom is 0.282 e. The number of nitrogens with one attached hydrogen (secondary N) is 2. The number of likely N-dealkylation sites (N-methyl/N-ethyl adjacent to an activating group) is 1. The molecule has 1 aromatic heterocycles. The molecule has 4 fully saturated rings. The molecule has 5 aliphatic rings. The van der Waals surface area contributed by atoms with Gasteiger partial charge >= 0.3 is 0 Å². The molecule has 2 N–H and O–H groups in total. The fourth-order valence-corrected chi connectivity index (χ4v) is 9.93. The van der Waals surface area contributed by atoms with E-state index in [4.69, 9.17) is 0 Å². The van der Waals surface area contributed by atoms with Gasteiger partial charge in [-0.15, -0.1) is 0 Å². The van der Waals surface area contributed by atoms with Gasteiger partial charge in [-0.2, -0.15) is 5.10 Å². The number of rotatable bonds is 8. The molecule has 3 unspecified atom stereocenters. The molecule has 3 aromatic rings. The highest BCUT2D eigenvalue weighted by Crippen LogP contribution is 2.35. The number of amides is 5. The Labute approximate surface area is 340 Å². The first-order valence-corrected chi connectivity index (χ1v) is 20.9. The van der Waals surface area contributed by atoms with Crippen molar-refractivity contribution in [3.8, 4) is 0 Å². The number of carbonyl (C=O) groups is 5. The quantitative estimate of drug-likeness (QED) is 0.322. The van der Waals surface area contributed by atoms with Crippen molar-refractivity contribution in [1.29, 1.82) is 0 Å². The number of nitrogens with zero attached hydrogens (tertiary/aromatic N) is 6. The maximum atomic E-state index is 13.6. The van der Waals surface area contributed by atoms with Crippen LogP contribution in [0.4, 0.5) is 5.69 Å². The molecule has 0 radical (unpaired) electrons. The van der Waals surface area contributed by atoms with Crippen LogP contribution in [0.1, 0.15) is 99.0 Å². The summed E-state index contributed by atoms with van der Waals surface area (Å²) in [5, 5.41) is 9.93. The molecule has 0 bridgehead atoms. The summed E-state index contributed by atoms with van der Waals surface area (Å²) in [6, 6.07) is 12.8. The predicted octanol–water partition coefficient (Wildman–Crippen LogP) is 3.58. The van der Waals surface area contributed by atoms with Crippen molar-refractivity contribution < 1.29 is 24.0 Å². The molecular formula is C42H49BrN8O6. The van der Waals surface area contributed by atoms with Crippen LogP contribution in [0.2, 0.25) is 0 Å².